The van der Waals surface area contributed by atoms with Crippen LogP contribution in [0.1, 0.15) is 26.3 Å². The lowest BCUT2D eigenvalue weighted by Gasteiger charge is -2.27. The van der Waals surface area contributed by atoms with Gasteiger partial charge in [0.1, 0.15) is 5.52 Å². The molecule has 2 N–H and O–H groups in total. The summed E-state index contributed by atoms with van der Waals surface area (Å²) in [4.78, 5) is 15.9. The smallest absolute Gasteiger partial charge is 0.227 e. The highest BCUT2D eigenvalue weighted by molar-refractivity contribution is 6.03. The molecule has 2 aromatic heterocycles. The first-order chi connectivity index (χ1) is 29.3. The molecule has 10 rings (SSSR count). The Hall–Kier alpha value is -7.63. The fourth-order valence-corrected chi connectivity index (χ4v) is 8.35. The molecule has 0 amide bonds. The maximum absolute atomic E-state index is 6.50. The summed E-state index contributed by atoms with van der Waals surface area (Å²) in [5.74, 6) is 1.25. The lowest BCUT2D eigenvalue weighted by Crippen LogP contribution is -2.18. The fraction of sp³-hybridized carbons (Fsp3) is 0.0727. The largest absolute Gasteiger partial charge is 0.435 e. The Bertz CT molecular complexity index is 3210. The summed E-state index contributed by atoms with van der Waals surface area (Å²) in [5.41, 5.74) is 21.5. The number of oxazole rings is 1. The van der Waals surface area contributed by atoms with E-state index in [1.807, 2.05) is 42.5 Å². The van der Waals surface area contributed by atoms with Crippen LogP contribution in [0.4, 0.5) is 5.69 Å². The van der Waals surface area contributed by atoms with Gasteiger partial charge in [-0.2, -0.15) is 0 Å². The van der Waals surface area contributed by atoms with E-state index >= 15 is 0 Å². The van der Waals surface area contributed by atoms with Crippen LogP contribution in [0.2, 0.25) is 0 Å². The van der Waals surface area contributed by atoms with Crippen LogP contribution in [-0.2, 0) is 5.41 Å². The van der Waals surface area contributed by atoms with Gasteiger partial charge in [0.05, 0.1) is 11.4 Å². The van der Waals surface area contributed by atoms with Gasteiger partial charge in [0.2, 0.25) is 5.89 Å². The van der Waals surface area contributed by atoms with Gasteiger partial charge in [0, 0.05) is 38.9 Å². The molecule has 0 unspecified atom stereocenters. The monoisotopic (exact) mass is 774 g/mol. The Morgan fingerprint density at radius 3 is 1.77 bits per heavy atom. The number of hydrogen-bond donors (Lipinski definition) is 1. The number of rotatable bonds is 7. The van der Waals surface area contributed by atoms with Gasteiger partial charge < -0.3 is 10.2 Å². The van der Waals surface area contributed by atoms with Crippen LogP contribution in [0.3, 0.4) is 0 Å². The van der Waals surface area contributed by atoms with Crippen molar-refractivity contribution in [3.8, 4) is 78.7 Å². The van der Waals surface area contributed by atoms with Crippen molar-refractivity contribution in [1.29, 1.82) is 0 Å². The van der Waals surface area contributed by atoms with Crippen molar-refractivity contribution in [2.45, 2.75) is 26.2 Å². The molecule has 0 fully saturated rings. The Kier molecular flexibility index (Phi) is 9.14. The Labute approximate surface area is 349 Å². The number of fused-ring (bicyclic) bond motifs is 3. The van der Waals surface area contributed by atoms with Crippen LogP contribution in [-0.4, -0.2) is 15.0 Å². The topological polar surface area (TPSA) is 77.8 Å². The second-order valence-electron chi connectivity index (χ2n) is 16.3. The van der Waals surface area contributed by atoms with Crippen molar-refractivity contribution in [1.82, 2.24) is 15.0 Å². The normalized spacial score (nSPS) is 11.7. The van der Waals surface area contributed by atoms with E-state index in [-0.39, 0.29) is 5.41 Å². The van der Waals surface area contributed by atoms with Crippen LogP contribution in [0.15, 0.2) is 192 Å². The standard InChI is InChI=1S/C55H42N4O/c1-55(2,3)49-50(36-17-5-4-6-18-36)58-53(40-22-13-19-37(32-40)38-20-15-24-42(56)34-38)59-51(49)47-29-12-11-28-46(47)45-27-10-9-25-43(45)39-21-14-23-41(33-39)54-57-48-31-30-35-16-7-8-26-44(35)52(48)60-54/h4-34H,56H2,1-3H3. The van der Waals surface area contributed by atoms with E-state index in [0.29, 0.717) is 11.7 Å². The fourth-order valence-electron chi connectivity index (χ4n) is 8.35. The molecule has 0 bridgehead atoms. The van der Waals surface area contributed by atoms with Crippen molar-refractivity contribution < 1.29 is 4.42 Å². The van der Waals surface area contributed by atoms with E-state index in [1.165, 1.54) is 0 Å². The molecular weight excluding hydrogens is 733 g/mol. The summed E-state index contributed by atoms with van der Waals surface area (Å²) < 4.78 is 6.50. The molecule has 5 heteroatoms. The first-order valence-corrected chi connectivity index (χ1v) is 20.3. The first kappa shape index (κ1) is 36.7. The predicted octanol–water partition coefficient (Wildman–Crippen LogP) is 14.3. The van der Waals surface area contributed by atoms with Gasteiger partial charge in [-0.1, -0.05) is 172 Å². The highest BCUT2D eigenvalue weighted by Gasteiger charge is 2.29. The van der Waals surface area contributed by atoms with Crippen molar-refractivity contribution in [3.05, 3.63) is 194 Å². The van der Waals surface area contributed by atoms with E-state index in [9.17, 15) is 0 Å². The summed E-state index contributed by atoms with van der Waals surface area (Å²) >= 11 is 0. The minimum Gasteiger partial charge on any atom is -0.435 e. The highest BCUT2D eigenvalue weighted by atomic mass is 16.3. The van der Waals surface area contributed by atoms with Crippen LogP contribution in [0, 0.1) is 0 Å². The number of benzene rings is 8. The molecule has 0 atom stereocenters. The first-order valence-electron chi connectivity index (χ1n) is 20.3. The van der Waals surface area contributed by atoms with E-state index in [4.69, 9.17) is 25.1 Å². The molecule has 0 saturated carbocycles. The maximum atomic E-state index is 6.50. The van der Waals surface area contributed by atoms with Gasteiger partial charge in [-0.3, -0.25) is 0 Å². The Morgan fingerprint density at radius 2 is 1.00 bits per heavy atom. The van der Waals surface area contributed by atoms with E-state index in [0.717, 1.165) is 100 Å². The van der Waals surface area contributed by atoms with Crippen LogP contribution in [0.5, 0.6) is 0 Å². The van der Waals surface area contributed by atoms with Crippen LogP contribution in [0.25, 0.3) is 101 Å². The van der Waals surface area contributed by atoms with Gasteiger partial charge in [0.25, 0.3) is 0 Å². The molecule has 0 spiro atoms. The number of nitrogen functional groups attached to an aromatic ring is 1. The van der Waals surface area contributed by atoms with Crippen molar-refractivity contribution >= 4 is 27.6 Å². The molecule has 0 radical (unpaired) electrons. The summed E-state index contributed by atoms with van der Waals surface area (Å²) in [6.45, 7) is 6.75. The van der Waals surface area contributed by atoms with E-state index in [1.54, 1.807) is 0 Å². The molecule has 5 nitrogen and oxygen atoms in total. The van der Waals surface area contributed by atoms with E-state index in [2.05, 4.69) is 166 Å². The third-order valence-corrected chi connectivity index (χ3v) is 11.1. The number of aromatic nitrogens is 3. The summed E-state index contributed by atoms with van der Waals surface area (Å²) in [5, 5.41) is 2.18. The Morgan fingerprint density at radius 1 is 0.433 bits per heavy atom. The number of hydrogen-bond acceptors (Lipinski definition) is 5. The second-order valence-corrected chi connectivity index (χ2v) is 16.3. The summed E-state index contributed by atoms with van der Waals surface area (Å²) in [7, 11) is 0. The zero-order chi connectivity index (χ0) is 40.8. The molecule has 0 saturated heterocycles. The average molecular weight is 775 g/mol. The zero-order valence-electron chi connectivity index (χ0n) is 33.7. The number of nitrogens with two attached hydrogens (primary N) is 1. The number of nitrogens with zero attached hydrogens (tertiary/aromatic N) is 3. The Balaban J connectivity index is 1.15. The van der Waals surface area contributed by atoms with Gasteiger partial charge in [-0.25, -0.2) is 15.0 Å². The summed E-state index contributed by atoms with van der Waals surface area (Å²) in [6.07, 6.45) is 0. The molecule has 10 aromatic rings. The van der Waals surface area contributed by atoms with Gasteiger partial charge >= 0.3 is 0 Å². The lowest BCUT2D eigenvalue weighted by atomic mass is 9.79. The lowest BCUT2D eigenvalue weighted by molar-refractivity contribution is 0.589. The quantitative estimate of drug-likeness (QED) is 0.163. The zero-order valence-corrected chi connectivity index (χ0v) is 33.7. The van der Waals surface area contributed by atoms with Gasteiger partial charge in [-0.05, 0) is 80.6 Å². The summed E-state index contributed by atoms with van der Waals surface area (Å²) in [6, 6.07) is 65.0. The van der Waals surface area contributed by atoms with Crippen LogP contribution < -0.4 is 5.73 Å². The molecule has 8 aromatic carbocycles. The third-order valence-electron chi connectivity index (χ3n) is 11.1. The minimum absolute atomic E-state index is 0.311. The predicted molar refractivity (Wildman–Crippen MR) is 248 cm³/mol. The maximum Gasteiger partial charge on any atom is 0.227 e. The average Bonchev–Trinajstić information content (AvgIpc) is 3.74. The SMILES string of the molecule is CC(C)(C)c1c(-c2ccccc2)nc(-c2cccc(-c3cccc(N)c3)c2)nc1-c1ccccc1-c1ccccc1-c1cccc(-c2nc3ccc4ccccc4c3o2)c1. The molecule has 0 aliphatic heterocycles. The molecule has 60 heavy (non-hydrogen) atoms. The van der Waals surface area contributed by atoms with Crippen molar-refractivity contribution in [2.24, 2.45) is 0 Å². The second kappa shape index (κ2) is 14.9. The highest BCUT2D eigenvalue weighted by Crippen LogP contribution is 2.45. The van der Waals surface area contributed by atoms with Crippen LogP contribution >= 0.6 is 0 Å². The van der Waals surface area contributed by atoms with Gasteiger partial charge in [0.15, 0.2) is 11.4 Å². The van der Waals surface area contributed by atoms with Crippen molar-refractivity contribution in [2.75, 3.05) is 5.73 Å². The number of anilines is 1. The van der Waals surface area contributed by atoms with Crippen molar-refractivity contribution in [3.63, 3.8) is 0 Å². The molecule has 288 valence electrons. The molecule has 0 aliphatic carbocycles. The van der Waals surface area contributed by atoms with Gasteiger partial charge in [-0.15, -0.1) is 0 Å². The third kappa shape index (κ3) is 6.80. The van der Waals surface area contributed by atoms with E-state index < -0.39 is 0 Å². The molecular formula is C55H42N4O. The molecule has 2 heterocycles. The minimum atomic E-state index is -0.311. The molecule has 0 aliphatic rings.